The number of benzene rings is 2. The van der Waals surface area contributed by atoms with Crippen LogP contribution in [0.4, 0.5) is 0 Å². The van der Waals surface area contributed by atoms with E-state index in [0.717, 1.165) is 11.1 Å². The van der Waals surface area contributed by atoms with Gasteiger partial charge in [-0.2, -0.15) is 0 Å². The van der Waals surface area contributed by atoms with Crippen molar-refractivity contribution in [3.63, 3.8) is 0 Å². The van der Waals surface area contributed by atoms with E-state index in [1.165, 1.54) is 18.2 Å². The second-order valence-corrected chi connectivity index (χ2v) is 4.74. The highest BCUT2D eigenvalue weighted by Gasteiger charge is 2.04. The predicted molar refractivity (Wildman–Crippen MR) is 79.1 cm³/mol. The Morgan fingerprint density at radius 1 is 0.950 bits per heavy atom. The van der Waals surface area contributed by atoms with Gasteiger partial charge in [0, 0.05) is 5.56 Å². The van der Waals surface area contributed by atoms with Crippen molar-refractivity contribution in [1.82, 2.24) is 0 Å². The molecular formula is C17H16O3. The first-order valence-corrected chi connectivity index (χ1v) is 6.29. The first kappa shape index (κ1) is 13.9. The van der Waals surface area contributed by atoms with Crippen molar-refractivity contribution < 1.29 is 15.0 Å². The van der Waals surface area contributed by atoms with E-state index in [9.17, 15) is 15.0 Å². The maximum absolute atomic E-state index is 12.0. The fourth-order valence-corrected chi connectivity index (χ4v) is 1.81. The molecule has 0 aliphatic carbocycles. The van der Waals surface area contributed by atoms with Crippen LogP contribution in [0.3, 0.4) is 0 Å². The number of ketones is 1. The number of aryl methyl sites for hydroxylation is 2. The molecule has 3 nitrogen and oxygen atoms in total. The molecule has 2 aromatic carbocycles. The predicted octanol–water partition coefficient (Wildman–Crippen LogP) is 3.61. The molecule has 3 heteroatoms. The van der Waals surface area contributed by atoms with E-state index in [4.69, 9.17) is 0 Å². The van der Waals surface area contributed by atoms with Gasteiger partial charge in [0.2, 0.25) is 0 Å². The molecule has 0 saturated heterocycles. The molecule has 2 rings (SSSR count). The molecule has 0 heterocycles. The van der Waals surface area contributed by atoms with E-state index in [0.29, 0.717) is 11.1 Å². The zero-order valence-corrected chi connectivity index (χ0v) is 11.4. The van der Waals surface area contributed by atoms with Gasteiger partial charge in [-0.3, -0.25) is 4.79 Å². The second-order valence-electron chi connectivity index (χ2n) is 4.74. The lowest BCUT2D eigenvalue weighted by Gasteiger charge is -2.02. The molecule has 102 valence electrons. The van der Waals surface area contributed by atoms with Crippen molar-refractivity contribution in [3.05, 3.63) is 64.7 Å². The molecule has 0 fully saturated rings. The molecule has 0 radical (unpaired) electrons. The molecular weight excluding hydrogens is 252 g/mol. The maximum Gasteiger partial charge on any atom is 0.185 e. The van der Waals surface area contributed by atoms with Crippen LogP contribution >= 0.6 is 0 Å². The minimum atomic E-state index is -0.203. The van der Waals surface area contributed by atoms with Gasteiger partial charge >= 0.3 is 0 Å². The van der Waals surface area contributed by atoms with Gasteiger partial charge in [0.05, 0.1) is 0 Å². The topological polar surface area (TPSA) is 57.5 Å². The van der Waals surface area contributed by atoms with Crippen LogP contribution in [0.15, 0.2) is 42.5 Å². The third-order valence-corrected chi connectivity index (χ3v) is 3.22. The normalized spacial score (nSPS) is 10.9. The SMILES string of the molecule is Cc1ccc(C(=O)/C=C/c2ccc(O)c(O)c2)cc1C. The summed E-state index contributed by atoms with van der Waals surface area (Å²) in [6.45, 7) is 3.96. The molecule has 20 heavy (non-hydrogen) atoms. The zero-order chi connectivity index (χ0) is 14.7. The Bertz CT molecular complexity index is 685. The number of aromatic hydroxyl groups is 2. The van der Waals surface area contributed by atoms with Crippen LogP contribution in [0.1, 0.15) is 27.0 Å². The van der Waals surface area contributed by atoms with Gasteiger partial charge in [0.25, 0.3) is 0 Å². The molecule has 0 unspecified atom stereocenters. The fraction of sp³-hybridized carbons (Fsp3) is 0.118. The molecule has 0 atom stereocenters. The van der Waals surface area contributed by atoms with Crippen LogP contribution in [0, 0.1) is 13.8 Å². The van der Waals surface area contributed by atoms with E-state index < -0.39 is 0 Å². The minimum Gasteiger partial charge on any atom is -0.504 e. The number of hydrogen-bond acceptors (Lipinski definition) is 3. The summed E-state index contributed by atoms with van der Waals surface area (Å²) in [7, 11) is 0. The van der Waals surface area contributed by atoms with Gasteiger partial charge in [0.1, 0.15) is 0 Å². The Morgan fingerprint density at radius 2 is 1.70 bits per heavy atom. The number of phenols is 2. The van der Waals surface area contributed by atoms with Crippen molar-refractivity contribution >= 4 is 11.9 Å². The summed E-state index contributed by atoms with van der Waals surface area (Å²) in [5.74, 6) is -0.478. The molecule has 0 aliphatic heterocycles. The lowest BCUT2D eigenvalue weighted by molar-refractivity contribution is 0.104. The van der Waals surface area contributed by atoms with Crippen molar-refractivity contribution in [2.24, 2.45) is 0 Å². The number of allylic oxidation sites excluding steroid dienone is 1. The van der Waals surface area contributed by atoms with Crippen molar-refractivity contribution in [2.45, 2.75) is 13.8 Å². The van der Waals surface area contributed by atoms with Gasteiger partial charge in [-0.25, -0.2) is 0 Å². The highest BCUT2D eigenvalue weighted by atomic mass is 16.3. The summed E-state index contributed by atoms with van der Waals surface area (Å²) in [5, 5.41) is 18.6. The van der Waals surface area contributed by atoms with Crippen LogP contribution in [0.2, 0.25) is 0 Å². The van der Waals surface area contributed by atoms with Crippen LogP contribution in [0.25, 0.3) is 6.08 Å². The van der Waals surface area contributed by atoms with Crippen LogP contribution in [-0.4, -0.2) is 16.0 Å². The third-order valence-electron chi connectivity index (χ3n) is 3.22. The summed E-state index contributed by atoms with van der Waals surface area (Å²) in [6.07, 6.45) is 3.06. The molecule has 0 bridgehead atoms. The Kier molecular flexibility index (Phi) is 3.89. The van der Waals surface area contributed by atoms with E-state index >= 15 is 0 Å². The largest absolute Gasteiger partial charge is 0.504 e. The monoisotopic (exact) mass is 268 g/mol. The molecule has 0 spiro atoms. The summed E-state index contributed by atoms with van der Waals surface area (Å²) in [5.41, 5.74) is 3.50. The van der Waals surface area contributed by atoms with Gasteiger partial charge in [-0.15, -0.1) is 0 Å². The minimum absolute atomic E-state index is 0.0966. The number of hydrogen-bond donors (Lipinski definition) is 2. The average Bonchev–Trinajstić information content (AvgIpc) is 2.43. The highest BCUT2D eigenvalue weighted by Crippen LogP contribution is 2.25. The van der Waals surface area contributed by atoms with Crippen LogP contribution < -0.4 is 0 Å². The Balaban J connectivity index is 2.19. The Hall–Kier alpha value is -2.55. The quantitative estimate of drug-likeness (QED) is 0.508. The molecule has 0 aromatic heterocycles. The average molecular weight is 268 g/mol. The van der Waals surface area contributed by atoms with Crippen molar-refractivity contribution in [1.29, 1.82) is 0 Å². The van der Waals surface area contributed by atoms with E-state index in [1.54, 1.807) is 18.2 Å². The van der Waals surface area contributed by atoms with Gasteiger partial charge in [-0.05, 0) is 54.8 Å². The fourth-order valence-electron chi connectivity index (χ4n) is 1.81. The molecule has 0 amide bonds. The number of rotatable bonds is 3. The van der Waals surface area contributed by atoms with Crippen molar-refractivity contribution in [3.8, 4) is 11.5 Å². The Morgan fingerprint density at radius 3 is 2.35 bits per heavy atom. The molecule has 0 aliphatic rings. The lowest BCUT2D eigenvalue weighted by atomic mass is 10.0. The van der Waals surface area contributed by atoms with Gasteiger partial charge < -0.3 is 10.2 Å². The van der Waals surface area contributed by atoms with E-state index in [1.807, 2.05) is 26.0 Å². The first-order valence-electron chi connectivity index (χ1n) is 6.29. The summed E-state index contributed by atoms with van der Waals surface area (Å²) in [6, 6.07) is 9.98. The smallest absolute Gasteiger partial charge is 0.185 e. The van der Waals surface area contributed by atoms with E-state index in [2.05, 4.69) is 0 Å². The first-order chi connectivity index (χ1) is 9.47. The lowest BCUT2D eigenvalue weighted by Crippen LogP contribution is -1.95. The molecule has 2 aromatic rings. The van der Waals surface area contributed by atoms with Gasteiger partial charge in [0.15, 0.2) is 17.3 Å². The summed E-state index contributed by atoms with van der Waals surface area (Å²) >= 11 is 0. The summed E-state index contributed by atoms with van der Waals surface area (Å²) < 4.78 is 0. The third kappa shape index (κ3) is 3.06. The standard InChI is InChI=1S/C17H16O3/c1-11-3-6-14(9-12(11)2)15(18)7-4-13-5-8-16(19)17(20)10-13/h3-10,19-20H,1-2H3/b7-4+. The number of carbonyl (C=O) groups is 1. The Labute approximate surface area is 117 Å². The van der Waals surface area contributed by atoms with Gasteiger partial charge in [-0.1, -0.05) is 24.3 Å². The van der Waals surface area contributed by atoms with Crippen molar-refractivity contribution in [2.75, 3.05) is 0 Å². The summed E-state index contributed by atoms with van der Waals surface area (Å²) in [4.78, 5) is 12.0. The van der Waals surface area contributed by atoms with E-state index in [-0.39, 0.29) is 17.3 Å². The molecule has 0 saturated carbocycles. The number of phenolic OH excluding ortho intramolecular Hbond substituents is 2. The zero-order valence-electron chi connectivity index (χ0n) is 11.4. The van der Waals surface area contributed by atoms with Crippen LogP contribution in [-0.2, 0) is 0 Å². The van der Waals surface area contributed by atoms with Crippen LogP contribution in [0.5, 0.6) is 11.5 Å². The second kappa shape index (κ2) is 5.61. The highest BCUT2D eigenvalue weighted by molar-refractivity contribution is 6.07. The molecule has 2 N–H and O–H groups in total. The number of carbonyl (C=O) groups excluding carboxylic acids is 1. The maximum atomic E-state index is 12.0.